The molecule has 0 N–H and O–H groups in total. The highest BCUT2D eigenvalue weighted by Crippen LogP contribution is 2.51. The monoisotopic (exact) mass is 782 g/mol. The third-order valence-corrected chi connectivity index (χ3v) is 13.0. The largest absolute Gasteiger partial charge is 0.456 e. The van der Waals surface area contributed by atoms with Crippen molar-refractivity contribution in [3.63, 3.8) is 0 Å². The van der Waals surface area contributed by atoms with E-state index in [1.165, 1.54) is 43.8 Å². The molecule has 0 amide bonds. The third kappa shape index (κ3) is 4.86. The zero-order valence-corrected chi connectivity index (χ0v) is 34.0. The normalized spacial score (nSPS) is 12.5. The Bertz CT molecular complexity index is 3920. The molecule has 0 saturated heterocycles. The molecular weight excluding hydrogens is 745 g/mol. The van der Waals surface area contributed by atoms with Crippen molar-refractivity contribution in [2.75, 3.05) is 0 Å². The van der Waals surface area contributed by atoms with Crippen molar-refractivity contribution >= 4 is 98.1 Å². The van der Waals surface area contributed by atoms with Crippen LogP contribution in [0.3, 0.4) is 0 Å². The van der Waals surface area contributed by atoms with Crippen molar-refractivity contribution in [3.8, 4) is 33.4 Å². The summed E-state index contributed by atoms with van der Waals surface area (Å²) in [6, 6.07) is 63.2. The maximum Gasteiger partial charge on any atom is 0.143 e. The van der Waals surface area contributed by atoms with E-state index in [1.807, 2.05) is 18.2 Å². The van der Waals surface area contributed by atoms with Crippen molar-refractivity contribution in [3.05, 3.63) is 181 Å². The summed E-state index contributed by atoms with van der Waals surface area (Å²) in [7, 11) is 0. The second-order valence-corrected chi connectivity index (χ2v) is 17.5. The standard InChI is InChI=1S/C58H38O3/c1-58(2,3)35-16-14-15-33(31-35)50-36-17-4-6-19-38(36)52(39-20-7-5-18-37(39)50)44-29-28-40(53-41-21-8-12-25-47(41)60-56(44)53)45-32-34-27-30-49-54(42-22-9-11-24-46(42)59-49)51(34)55-43-23-10-13-26-48(43)61-57(45)55/h4-32H,1-3H3. The maximum atomic E-state index is 7.08. The predicted octanol–water partition coefficient (Wildman–Crippen LogP) is 17.1. The lowest BCUT2D eigenvalue weighted by atomic mass is 9.82. The molecule has 0 fully saturated rings. The van der Waals surface area contributed by atoms with E-state index in [1.54, 1.807) is 0 Å². The summed E-state index contributed by atoms with van der Waals surface area (Å²) in [5.41, 5.74) is 13.3. The summed E-state index contributed by atoms with van der Waals surface area (Å²) in [4.78, 5) is 0. The Kier molecular flexibility index (Phi) is 6.99. The van der Waals surface area contributed by atoms with Crippen LogP contribution in [-0.2, 0) is 5.41 Å². The minimum atomic E-state index is 0.0229. The predicted molar refractivity (Wildman–Crippen MR) is 256 cm³/mol. The van der Waals surface area contributed by atoms with Crippen LogP contribution < -0.4 is 0 Å². The molecule has 0 atom stereocenters. The second kappa shape index (κ2) is 12.5. The Morgan fingerprint density at radius 1 is 0.328 bits per heavy atom. The van der Waals surface area contributed by atoms with E-state index in [0.717, 1.165) is 93.3 Å². The van der Waals surface area contributed by atoms with E-state index in [2.05, 4.69) is 178 Å². The molecule has 0 spiro atoms. The van der Waals surface area contributed by atoms with Gasteiger partial charge in [-0.1, -0.05) is 160 Å². The number of rotatable bonds is 3. The van der Waals surface area contributed by atoms with Crippen LogP contribution in [0.1, 0.15) is 26.3 Å². The summed E-state index contributed by atoms with van der Waals surface area (Å²) in [6.45, 7) is 6.85. The fourth-order valence-electron chi connectivity index (χ4n) is 10.2. The summed E-state index contributed by atoms with van der Waals surface area (Å²) in [5, 5.41) is 13.6. The van der Waals surface area contributed by atoms with Crippen LogP contribution in [0.25, 0.3) is 132 Å². The van der Waals surface area contributed by atoms with Crippen LogP contribution in [0.5, 0.6) is 0 Å². The number of para-hydroxylation sites is 3. The minimum absolute atomic E-state index is 0.0229. The molecule has 0 aliphatic heterocycles. The highest BCUT2D eigenvalue weighted by molar-refractivity contribution is 6.34. The Morgan fingerprint density at radius 3 is 1.46 bits per heavy atom. The van der Waals surface area contributed by atoms with Crippen molar-refractivity contribution in [1.29, 1.82) is 0 Å². The van der Waals surface area contributed by atoms with Gasteiger partial charge in [0.2, 0.25) is 0 Å². The minimum Gasteiger partial charge on any atom is -0.456 e. The van der Waals surface area contributed by atoms with Gasteiger partial charge in [0.25, 0.3) is 0 Å². The van der Waals surface area contributed by atoms with E-state index in [-0.39, 0.29) is 5.41 Å². The molecule has 0 bridgehead atoms. The van der Waals surface area contributed by atoms with Crippen LogP contribution in [0.15, 0.2) is 189 Å². The van der Waals surface area contributed by atoms with E-state index >= 15 is 0 Å². The van der Waals surface area contributed by atoms with Gasteiger partial charge in [-0.15, -0.1) is 0 Å². The maximum absolute atomic E-state index is 7.08. The molecule has 3 heterocycles. The molecule has 0 saturated carbocycles. The Hall–Kier alpha value is -7.62. The van der Waals surface area contributed by atoms with Gasteiger partial charge >= 0.3 is 0 Å². The first-order chi connectivity index (χ1) is 29.9. The quantitative estimate of drug-likeness (QED) is 0.168. The van der Waals surface area contributed by atoms with Gasteiger partial charge in [0.15, 0.2) is 0 Å². The van der Waals surface area contributed by atoms with Crippen molar-refractivity contribution < 1.29 is 13.3 Å². The number of fused-ring (bicyclic) bond motifs is 14. The lowest BCUT2D eigenvalue weighted by Gasteiger charge is -2.22. The van der Waals surface area contributed by atoms with E-state index in [0.29, 0.717) is 0 Å². The molecule has 3 aromatic heterocycles. The van der Waals surface area contributed by atoms with Crippen molar-refractivity contribution in [1.82, 2.24) is 0 Å². The fraction of sp³-hybridized carbons (Fsp3) is 0.0690. The highest BCUT2D eigenvalue weighted by atomic mass is 16.3. The molecule has 61 heavy (non-hydrogen) atoms. The smallest absolute Gasteiger partial charge is 0.143 e. The molecule has 3 heteroatoms. The third-order valence-electron chi connectivity index (χ3n) is 13.0. The van der Waals surface area contributed by atoms with Crippen molar-refractivity contribution in [2.24, 2.45) is 0 Å². The number of hydrogen-bond donors (Lipinski definition) is 0. The molecule has 13 aromatic rings. The van der Waals surface area contributed by atoms with Gasteiger partial charge in [-0.25, -0.2) is 0 Å². The van der Waals surface area contributed by atoms with Crippen LogP contribution in [-0.4, -0.2) is 0 Å². The van der Waals surface area contributed by atoms with E-state index in [4.69, 9.17) is 13.3 Å². The molecule has 0 aliphatic rings. The summed E-state index contributed by atoms with van der Waals surface area (Å²) < 4.78 is 20.5. The van der Waals surface area contributed by atoms with Crippen LogP contribution >= 0.6 is 0 Å². The SMILES string of the molecule is CC(C)(C)c1cccc(-c2c3ccccc3c(-c3ccc(-c4cc5ccc6oc7ccccc7c6c5c5c4oc4ccccc45)c4c3oc3ccccc34)c3ccccc23)c1. The summed E-state index contributed by atoms with van der Waals surface area (Å²) >= 11 is 0. The van der Waals surface area contributed by atoms with E-state index in [9.17, 15) is 0 Å². The highest BCUT2D eigenvalue weighted by Gasteiger charge is 2.26. The first kappa shape index (κ1) is 34.3. The molecule has 13 rings (SSSR count). The van der Waals surface area contributed by atoms with Gasteiger partial charge < -0.3 is 13.3 Å². The molecule has 0 radical (unpaired) electrons. The second-order valence-electron chi connectivity index (χ2n) is 17.5. The van der Waals surface area contributed by atoms with Gasteiger partial charge in [-0.2, -0.15) is 0 Å². The lowest BCUT2D eigenvalue weighted by Crippen LogP contribution is -2.10. The van der Waals surface area contributed by atoms with Crippen LogP contribution in [0.2, 0.25) is 0 Å². The summed E-state index contributed by atoms with van der Waals surface area (Å²) in [6.07, 6.45) is 0. The van der Waals surface area contributed by atoms with Gasteiger partial charge in [0.1, 0.15) is 33.5 Å². The van der Waals surface area contributed by atoms with Crippen molar-refractivity contribution in [2.45, 2.75) is 26.2 Å². The van der Waals surface area contributed by atoms with Gasteiger partial charge in [-0.05, 0) is 91.0 Å². The van der Waals surface area contributed by atoms with Gasteiger partial charge in [0.05, 0.1) is 0 Å². The molecular formula is C58H38O3. The van der Waals surface area contributed by atoms with Gasteiger partial charge in [0, 0.05) is 54.4 Å². The molecule has 10 aromatic carbocycles. The Labute approximate surface area is 351 Å². The van der Waals surface area contributed by atoms with Crippen LogP contribution in [0.4, 0.5) is 0 Å². The summed E-state index contributed by atoms with van der Waals surface area (Å²) in [5.74, 6) is 0. The molecule has 0 aliphatic carbocycles. The molecule has 3 nitrogen and oxygen atoms in total. The number of hydrogen-bond acceptors (Lipinski definition) is 3. The first-order valence-electron chi connectivity index (χ1n) is 21.1. The Balaban J connectivity index is 1.15. The lowest BCUT2D eigenvalue weighted by molar-refractivity contribution is 0.590. The van der Waals surface area contributed by atoms with Crippen LogP contribution in [0, 0.1) is 0 Å². The zero-order chi connectivity index (χ0) is 40.6. The molecule has 288 valence electrons. The average molecular weight is 783 g/mol. The Morgan fingerprint density at radius 2 is 0.836 bits per heavy atom. The topological polar surface area (TPSA) is 39.4 Å². The van der Waals surface area contributed by atoms with E-state index < -0.39 is 0 Å². The zero-order valence-electron chi connectivity index (χ0n) is 34.0. The average Bonchev–Trinajstić information content (AvgIpc) is 4.00. The fourth-order valence-corrected chi connectivity index (χ4v) is 10.2. The molecule has 0 unspecified atom stereocenters. The number of benzene rings is 10. The van der Waals surface area contributed by atoms with Gasteiger partial charge in [-0.3, -0.25) is 0 Å². The number of furan rings is 3. The first-order valence-corrected chi connectivity index (χ1v) is 21.1.